The van der Waals surface area contributed by atoms with Crippen molar-refractivity contribution in [2.45, 2.75) is 6.42 Å². The lowest BCUT2D eigenvalue weighted by Crippen LogP contribution is -2.02. The highest BCUT2D eigenvalue weighted by Crippen LogP contribution is 2.09. The molecule has 3 nitrogen and oxygen atoms in total. The van der Waals surface area contributed by atoms with Crippen LogP contribution in [0.15, 0.2) is 28.0 Å². The van der Waals surface area contributed by atoms with Crippen molar-refractivity contribution in [1.29, 1.82) is 0 Å². The quantitative estimate of drug-likeness (QED) is 0.702. The normalized spacial score (nSPS) is 14.5. The molecule has 0 radical (unpaired) electrons. The molecule has 0 fully saturated rings. The van der Waals surface area contributed by atoms with Gasteiger partial charge >= 0.3 is 5.97 Å². The number of hydrogen-bond donors (Lipinski definition) is 1. The molecule has 0 aliphatic carbocycles. The second kappa shape index (κ2) is 5.85. The Balaban J connectivity index is 0.00000121. The molecule has 0 aromatic rings. The van der Waals surface area contributed by atoms with Crippen molar-refractivity contribution in [2.24, 2.45) is 4.40 Å². The molecule has 0 spiro atoms. The van der Waals surface area contributed by atoms with Crippen LogP contribution in [0.25, 0.3) is 0 Å². The van der Waals surface area contributed by atoms with Crippen molar-refractivity contribution >= 4 is 36.0 Å². The highest BCUT2D eigenvalue weighted by Gasteiger charge is 2.02. The van der Waals surface area contributed by atoms with E-state index in [0.717, 1.165) is 0 Å². The van der Waals surface area contributed by atoms with Gasteiger partial charge in [0.25, 0.3) is 0 Å². The molecule has 0 saturated heterocycles. The maximum Gasteiger partial charge on any atom is 0.309 e. The van der Waals surface area contributed by atoms with Crippen LogP contribution in [-0.4, -0.2) is 16.8 Å². The molecule has 1 N–H and O–H groups in total. The minimum absolute atomic E-state index is 0. The standard InChI is InChI=1S/C7H7NO2S.ClH/c9-7(10)5-6-3-1-2-4-11-8-6;/h1-4H,5H2,(H,9,10);1H. The van der Waals surface area contributed by atoms with E-state index < -0.39 is 5.97 Å². The molecule has 0 bridgehead atoms. The minimum atomic E-state index is -0.851. The Labute approximate surface area is 80.8 Å². The molecule has 0 amide bonds. The lowest BCUT2D eigenvalue weighted by molar-refractivity contribution is -0.135. The van der Waals surface area contributed by atoms with E-state index in [1.165, 1.54) is 11.9 Å². The van der Waals surface area contributed by atoms with E-state index in [2.05, 4.69) is 4.40 Å². The van der Waals surface area contributed by atoms with Gasteiger partial charge in [0, 0.05) is 11.9 Å². The summed E-state index contributed by atoms with van der Waals surface area (Å²) in [6, 6.07) is 0. The Kier molecular flexibility index (Phi) is 5.49. The van der Waals surface area contributed by atoms with Gasteiger partial charge in [-0.05, 0) is 11.5 Å². The number of allylic oxidation sites excluding steroid dienone is 3. The zero-order valence-electron chi connectivity index (χ0n) is 6.14. The maximum atomic E-state index is 10.2. The summed E-state index contributed by atoms with van der Waals surface area (Å²) < 4.78 is 3.94. The predicted octanol–water partition coefficient (Wildman–Crippen LogP) is 2.06. The van der Waals surface area contributed by atoms with Gasteiger partial charge in [0.1, 0.15) is 0 Å². The number of halogens is 1. The van der Waals surface area contributed by atoms with Gasteiger partial charge in [0.2, 0.25) is 0 Å². The fourth-order valence-corrected chi connectivity index (χ4v) is 1.10. The third-order valence-electron chi connectivity index (χ3n) is 1.04. The van der Waals surface area contributed by atoms with E-state index in [9.17, 15) is 4.79 Å². The molecule has 5 heteroatoms. The molecule has 1 rings (SSSR count). The van der Waals surface area contributed by atoms with Crippen LogP contribution in [0, 0.1) is 0 Å². The van der Waals surface area contributed by atoms with Crippen LogP contribution >= 0.6 is 24.4 Å². The summed E-state index contributed by atoms with van der Waals surface area (Å²) in [5.74, 6) is -0.851. The molecule has 1 aliphatic rings. The third kappa shape index (κ3) is 4.20. The largest absolute Gasteiger partial charge is 0.481 e. The van der Waals surface area contributed by atoms with Crippen molar-refractivity contribution in [1.82, 2.24) is 0 Å². The molecule has 66 valence electrons. The van der Waals surface area contributed by atoms with Crippen molar-refractivity contribution in [3.8, 4) is 0 Å². The minimum Gasteiger partial charge on any atom is -0.481 e. The van der Waals surface area contributed by atoms with Crippen LogP contribution in [0.2, 0.25) is 0 Å². The van der Waals surface area contributed by atoms with Crippen molar-refractivity contribution in [3.63, 3.8) is 0 Å². The van der Waals surface area contributed by atoms with Crippen LogP contribution < -0.4 is 0 Å². The Morgan fingerprint density at radius 3 is 3.00 bits per heavy atom. The molecular formula is C7H8ClNO2S. The second-order valence-corrected chi connectivity index (χ2v) is 2.61. The third-order valence-corrected chi connectivity index (χ3v) is 1.66. The monoisotopic (exact) mass is 205 g/mol. The molecule has 0 saturated carbocycles. The van der Waals surface area contributed by atoms with Gasteiger partial charge in [-0.2, -0.15) is 0 Å². The molecule has 0 aromatic heterocycles. The van der Waals surface area contributed by atoms with E-state index in [0.29, 0.717) is 5.71 Å². The van der Waals surface area contributed by atoms with Gasteiger partial charge in [-0.25, -0.2) is 4.40 Å². The Morgan fingerprint density at radius 1 is 1.58 bits per heavy atom. The summed E-state index contributed by atoms with van der Waals surface area (Å²) in [7, 11) is 0. The van der Waals surface area contributed by atoms with Gasteiger partial charge in [-0.3, -0.25) is 4.79 Å². The topological polar surface area (TPSA) is 49.7 Å². The van der Waals surface area contributed by atoms with Gasteiger partial charge in [0.15, 0.2) is 0 Å². The average Bonchev–Trinajstić information content (AvgIpc) is 2.14. The van der Waals surface area contributed by atoms with E-state index in [1.807, 2.05) is 6.08 Å². The summed E-state index contributed by atoms with van der Waals surface area (Å²) >= 11 is 1.25. The van der Waals surface area contributed by atoms with Crippen molar-refractivity contribution < 1.29 is 9.90 Å². The van der Waals surface area contributed by atoms with E-state index >= 15 is 0 Å². The number of aliphatic carboxylic acids is 1. The van der Waals surface area contributed by atoms with Gasteiger partial charge in [-0.15, -0.1) is 12.4 Å². The summed E-state index contributed by atoms with van der Waals surface area (Å²) in [6.07, 6.45) is 5.29. The highest BCUT2D eigenvalue weighted by molar-refractivity contribution is 8.01. The first-order valence-corrected chi connectivity index (χ1v) is 3.90. The summed E-state index contributed by atoms with van der Waals surface area (Å²) in [5, 5.41) is 10.2. The van der Waals surface area contributed by atoms with E-state index in [-0.39, 0.29) is 18.8 Å². The molecular weight excluding hydrogens is 198 g/mol. The van der Waals surface area contributed by atoms with E-state index in [1.54, 1.807) is 17.6 Å². The Hall–Kier alpha value is -0.740. The van der Waals surface area contributed by atoms with Gasteiger partial charge in [-0.1, -0.05) is 12.2 Å². The van der Waals surface area contributed by atoms with E-state index in [4.69, 9.17) is 5.11 Å². The number of hydrogen-bond acceptors (Lipinski definition) is 3. The first-order chi connectivity index (χ1) is 5.29. The number of nitrogens with zero attached hydrogens (tertiary/aromatic N) is 1. The highest BCUT2D eigenvalue weighted by atomic mass is 35.5. The molecule has 1 aliphatic heterocycles. The van der Waals surface area contributed by atoms with Gasteiger partial charge < -0.3 is 5.11 Å². The lowest BCUT2D eigenvalue weighted by atomic mass is 10.2. The van der Waals surface area contributed by atoms with Crippen molar-refractivity contribution in [2.75, 3.05) is 0 Å². The first-order valence-electron chi connectivity index (χ1n) is 3.07. The summed E-state index contributed by atoms with van der Waals surface area (Å²) in [6.45, 7) is 0. The second-order valence-electron chi connectivity index (χ2n) is 1.95. The Morgan fingerprint density at radius 2 is 2.33 bits per heavy atom. The maximum absolute atomic E-state index is 10.2. The Bertz CT molecular complexity index is 248. The summed E-state index contributed by atoms with van der Waals surface area (Å²) in [4.78, 5) is 10.2. The smallest absolute Gasteiger partial charge is 0.309 e. The van der Waals surface area contributed by atoms with Gasteiger partial charge in [0.05, 0.1) is 12.1 Å². The van der Waals surface area contributed by atoms with Crippen LogP contribution in [0.4, 0.5) is 0 Å². The molecule has 0 aromatic carbocycles. The zero-order valence-corrected chi connectivity index (χ0v) is 7.77. The molecule has 1 heterocycles. The fourth-order valence-electron chi connectivity index (χ4n) is 0.622. The van der Waals surface area contributed by atoms with Crippen LogP contribution in [0.5, 0.6) is 0 Å². The zero-order chi connectivity index (χ0) is 8.10. The van der Waals surface area contributed by atoms with Crippen LogP contribution in [0.1, 0.15) is 6.42 Å². The molecule has 0 atom stereocenters. The lowest BCUT2D eigenvalue weighted by Gasteiger charge is -1.91. The predicted molar refractivity (Wildman–Crippen MR) is 52.8 cm³/mol. The number of carboxylic acid groups (broad SMARTS) is 1. The average molecular weight is 206 g/mol. The SMILES string of the molecule is Cl.O=C(O)CC1=NSC=CC=C1. The van der Waals surface area contributed by atoms with Crippen LogP contribution in [-0.2, 0) is 4.79 Å². The number of carboxylic acids is 1. The molecule has 12 heavy (non-hydrogen) atoms. The molecule has 0 unspecified atom stereocenters. The number of rotatable bonds is 2. The summed E-state index contributed by atoms with van der Waals surface area (Å²) in [5.41, 5.74) is 0.590. The fraction of sp³-hybridized carbons (Fsp3) is 0.143. The van der Waals surface area contributed by atoms with Crippen molar-refractivity contribution in [3.05, 3.63) is 23.6 Å². The number of carbonyl (C=O) groups is 1. The first kappa shape index (κ1) is 11.3. The van der Waals surface area contributed by atoms with Crippen LogP contribution in [0.3, 0.4) is 0 Å².